The molecule has 2 aromatic rings. The highest BCUT2D eigenvalue weighted by molar-refractivity contribution is 5.75. The first-order chi connectivity index (χ1) is 13.8. The molecule has 0 aliphatic heterocycles. The van der Waals surface area contributed by atoms with Gasteiger partial charge in [0.1, 0.15) is 17.5 Å². The highest BCUT2D eigenvalue weighted by atomic mass is 19.4. The van der Waals surface area contributed by atoms with Gasteiger partial charge in [-0.15, -0.1) is 12.8 Å². The number of halogens is 3. The molecule has 1 heterocycles. The number of hydrogen-bond donors (Lipinski definition) is 1. The first kappa shape index (κ1) is 23.8. The second-order valence-corrected chi connectivity index (χ2v) is 6.24. The number of hydrogen-bond acceptors (Lipinski definition) is 3. The Bertz CT molecular complexity index is 902. The molecule has 0 aliphatic rings. The summed E-state index contributed by atoms with van der Waals surface area (Å²) in [5.74, 6) is 0. The van der Waals surface area contributed by atoms with Crippen LogP contribution in [0, 0.1) is 24.2 Å². The fraction of sp³-hybridized carbons (Fsp3) is 0.304. The van der Waals surface area contributed by atoms with Crippen molar-refractivity contribution in [1.82, 2.24) is 10.3 Å². The van der Waals surface area contributed by atoms with Gasteiger partial charge in [-0.25, -0.2) is 0 Å². The predicted octanol–water partition coefficient (Wildman–Crippen LogP) is 5.83. The number of benzene rings is 1. The van der Waals surface area contributed by atoms with E-state index in [1.54, 1.807) is 0 Å². The van der Waals surface area contributed by atoms with Gasteiger partial charge in [-0.2, -0.15) is 18.4 Å². The van der Waals surface area contributed by atoms with E-state index in [9.17, 15) is 18.4 Å². The van der Waals surface area contributed by atoms with Crippen molar-refractivity contribution in [3.05, 3.63) is 59.0 Å². The van der Waals surface area contributed by atoms with Gasteiger partial charge in [-0.3, -0.25) is 4.98 Å². The lowest BCUT2D eigenvalue weighted by Gasteiger charge is -2.13. The van der Waals surface area contributed by atoms with Gasteiger partial charge in [0.15, 0.2) is 0 Å². The molecule has 0 spiro atoms. The molecule has 0 saturated carbocycles. The molecule has 1 N–H and O–H groups in total. The van der Waals surface area contributed by atoms with Gasteiger partial charge in [0.25, 0.3) is 0 Å². The van der Waals surface area contributed by atoms with Crippen LogP contribution in [0.15, 0.2) is 42.2 Å². The van der Waals surface area contributed by atoms with Crippen molar-refractivity contribution in [3.63, 3.8) is 0 Å². The Morgan fingerprint density at radius 1 is 1.14 bits per heavy atom. The van der Waals surface area contributed by atoms with E-state index < -0.39 is 11.9 Å². The highest BCUT2D eigenvalue weighted by Gasteiger charge is 2.32. The van der Waals surface area contributed by atoms with Crippen molar-refractivity contribution in [3.8, 4) is 30.0 Å². The summed E-state index contributed by atoms with van der Waals surface area (Å²) in [6.45, 7) is 6.47. The summed E-state index contributed by atoms with van der Waals surface area (Å²) in [6.07, 6.45) is 6.56. The summed E-state index contributed by atoms with van der Waals surface area (Å²) in [5, 5.41) is 12.4. The van der Waals surface area contributed by atoms with Crippen LogP contribution < -0.4 is 5.32 Å². The largest absolute Gasteiger partial charge is 0.433 e. The van der Waals surface area contributed by atoms with E-state index >= 15 is 0 Å². The second kappa shape index (κ2) is 10.9. The number of alkyl halides is 3. The van der Waals surface area contributed by atoms with Crippen LogP contribution >= 0.6 is 0 Å². The molecule has 152 valence electrons. The molecule has 6 heteroatoms. The predicted molar refractivity (Wildman–Crippen MR) is 110 cm³/mol. The number of nitriles is 1. The monoisotopic (exact) mass is 399 g/mol. The van der Waals surface area contributed by atoms with Crippen LogP contribution in [-0.2, 0) is 12.6 Å². The quantitative estimate of drug-likeness (QED) is 0.491. The zero-order chi connectivity index (χ0) is 22.0. The zero-order valence-electron chi connectivity index (χ0n) is 16.8. The minimum absolute atomic E-state index is 0.489. The van der Waals surface area contributed by atoms with Crippen molar-refractivity contribution < 1.29 is 13.2 Å². The number of terminal acetylenes is 1. The van der Waals surface area contributed by atoms with E-state index in [-0.39, 0.29) is 0 Å². The molecule has 29 heavy (non-hydrogen) atoms. The maximum atomic E-state index is 12.8. The molecule has 0 amide bonds. The van der Waals surface area contributed by atoms with Crippen LogP contribution in [0.25, 0.3) is 16.7 Å². The lowest BCUT2D eigenvalue weighted by molar-refractivity contribution is -0.141. The Morgan fingerprint density at radius 2 is 1.83 bits per heavy atom. The molecular weight excluding hydrogens is 375 g/mol. The van der Waals surface area contributed by atoms with E-state index in [1.165, 1.54) is 12.3 Å². The zero-order valence-corrected chi connectivity index (χ0v) is 16.8. The highest BCUT2D eigenvalue weighted by Crippen LogP contribution is 2.31. The summed E-state index contributed by atoms with van der Waals surface area (Å²) in [6, 6.07) is 10.5. The minimum atomic E-state index is -4.46. The van der Waals surface area contributed by atoms with Gasteiger partial charge in [-0.1, -0.05) is 31.5 Å². The molecule has 0 radical (unpaired) electrons. The Balaban J connectivity index is 0.00000204. The molecule has 2 rings (SSSR count). The van der Waals surface area contributed by atoms with Crippen LogP contribution in [0.2, 0.25) is 0 Å². The van der Waals surface area contributed by atoms with Gasteiger partial charge >= 0.3 is 6.18 Å². The van der Waals surface area contributed by atoms with E-state index in [0.29, 0.717) is 17.8 Å². The van der Waals surface area contributed by atoms with Crippen LogP contribution in [0.5, 0.6) is 0 Å². The fourth-order valence-electron chi connectivity index (χ4n) is 2.82. The lowest BCUT2D eigenvalue weighted by Crippen LogP contribution is -2.12. The summed E-state index contributed by atoms with van der Waals surface area (Å²) >= 11 is 0. The smallest absolute Gasteiger partial charge is 0.377 e. The second-order valence-electron chi connectivity index (χ2n) is 6.24. The van der Waals surface area contributed by atoms with Crippen molar-refractivity contribution in [2.45, 2.75) is 39.8 Å². The molecular formula is C23H24F3N3. The molecule has 0 unspecified atom stereocenters. The topological polar surface area (TPSA) is 48.7 Å². The van der Waals surface area contributed by atoms with Crippen LogP contribution in [0.1, 0.15) is 44.0 Å². The molecule has 1 aromatic carbocycles. The van der Waals surface area contributed by atoms with E-state index in [4.69, 9.17) is 0 Å². The number of pyridine rings is 1. The van der Waals surface area contributed by atoms with Crippen LogP contribution in [0.4, 0.5) is 13.2 Å². The van der Waals surface area contributed by atoms with Gasteiger partial charge in [0.05, 0.1) is 0 Å². The van der Waals surface area contributed by atoms with Gasteiger partial charge in [0, 0.05) is 18.3 Å². The Labute approximate surface area is 170 Å². The minimum Gasteiger partial charge on any atom is -0.377 e. The van der Waals surface area contributed by atoms with E-state index in [0.717, 1.165) is 41.2 Å². The third-order valence-corrected chi connectivity index (χ3v) is 4.19. The first-order valence-corrected chi connectivity index (χ1v) is 9.16. The molecule has 0 saturated heterocycles. The van der Waals surface area contributed by atoms with Crippen molar-refractivity contribution in [2.75, 3.05) is 6.54 Å². The molecule has 0 atom stereocenters. The third kappa shape index (κ3) is 6.40. The molecule has 0 aliphatic carbocycles. The van der Waals surface area contributed by atoms with Crippen molar-refractivity contribution >= 4 is 5.57 Å². The van der Waals surface area contributed by atoms with Gasteiger partial charge in [-0.05, 0) is 54.7 Å². The van der Waals surface area contributed by atoms with Crippen LogP contribution in [-0.4, -0.2) is 11.5 Å². The summed E-state index contributed by atoms with van der Waals surface area (Å²) < 4.78 is 38.3. The summed E-state index contributed by atoms with van der Waals surface area (Å²) in [7, 11) is 0. The number of nitrogens with one attached hydrogen (secondary N) is 1. The molecule has 0 bridgehead atoms. The molecule has 1 aromatic heterocycles. The Kier molecular flexibility index (Phi) is 8.96. The van der Waals surface area contributed by atoms with Crippen molar-refractivity contribution in [2.24, 2.45) is 0 Å². The number of rotatable bonds is 6. The van der Waals surface area contributed by atoms with E-state index in [1.807, 2.05) is 32.0 Å². The number of aromatic nitrogens is 1. The number of allylic oxidation sites excluding steroid dienone is 2. The maximum absolute atomic E-state index is 12.8. The third-order valence-electron chi connectivity index (χ3n) is 4.19. The fourth-order valence-corrected chi connectivity index (χ4v) is 2.82. The summed E-state index contributed by atoms with van der Waals surface area (Å²) in [5.41, 5.74) is 3.71. The van der Waals surface area contributed by atoms with Crippen LogP contribution in [0.3, 0.4) is 0 Å². The number of aryl methyl sites for hydroxylation is 1. The van der Waals surface area contributed by atoms with Gasteiger partial charge in [0.2, 0.25) is 0 Å². The molecule has 3 nitrogen and oxygen atoms in total. The number of nitrogens with zero attached hydrogens (tertiary/aromatic N) is 2. The van der Waals surface area contributed by atoms with E-state index in [2.05, 4.69) is 36.1 Å². The maximum Gasteiger partial charge on any atom is 0.433 e. The molecule has 0 fully saturated rings. The Hall–Kier alpha value is -3.25. The lowest BCUT2D eigenvalue weighted by atomic mass is 9.95. The standard InChI is InChI=1S/C21H22F3N3.C2H2/c1-4-6-15-9-17(14(3)19(12-25)26-5-2)11-18(10-15)16-7-8-20(27-13-16)21(22,23)24;1-2/h7-11,13,26H,4-6H2,1-3H3;1-2H/b19-14+;. The average Bonchev–Trinajstić information content (AvgIpc) is 2.72. The normalized spacial score (nSPS) is 11.6. The first-order valence-electron chi connectivity index (χ1n) is 9.16. The average molecular weight is 399 g/mol. The SMILES string of the molecule is C#C.CCCc1cc(/C(C)=C(\C#N)NCC)cc(-c2ccc(C(F)(F)F)nc2)c1. The Morgan fingerprint density at radius 3 is 2.31 bits per heavy atom. The van der Waals surface area contributed by atoms with Gasteiger partial charge < -0.3 is 5.32 Å². The van der Waals surface area contributed by atoms with Crippen molar-refractivity contribution in [1.29, 1.82) is 5.26 Å². The summed E-state index contributed by atoms with van der Waals surface area (Å²) in [4.78, 5) is 3.56.